The quantitative estimate of drug-likeness (QED) is 0.537. The van der Waals surface area contributed by atoms with Gasteiger partial charge in [0.2, 0.25) is 5.95 Å². The maximum Gasteiger partial charge on any atom is 0.327 e. The molecule has 2 aromatic carbocycles. The highest BCUT2D eigenvalue weighted by Crippen LogP contribution is 2.22. The molecule has 8 heteroatoms. The number of hydrogen-bond donors (Lipinski definition) is 2. The number of ether oxygens (including phenoxy) is 1. The molecular weight excluding hydrogens is 351 g/mol. The molecule has 0 aliphatic heterocycles. The number of benzene rings is 2. The molecule has 0 saturated carbocycles. The number of aromatic nitrogens is 3. The fourth-order valence-electron chi connectivity index (χ4n) is 2.47. The summed E-state index contributed by atoms with van der Waals surface area (Å²) < 4.78 is 18.9. The first-order chi connectivity index (χ1) is 13.1. The molecule has 2 aromatic heterocycles. The molecule has 0 fully saturated rings. The van der Waals surface area contributed by atoms with Crippen molar-refractivity contribution in [1.82, 2.24) is 14.7 Å². The lowest BCUT2D eigenvalue weighted by molar-refractivity contribution is 0.183. The minimum absolute atomic E-state index is 0.0139. The van der Waals surface area contributed by atoms with Gasteiger partial charge in [0.05, 0.1) is 0 Å². The molecule has 134 valence electrons. The van der Waals surface area contributed by atoms with Crippen LogP contribution >= 0.6 is 0 Å². The molecule has 0 aliphatic carbocycles. The Bertz CT molecular complexity index is 1160. The second-order valence-corrected chi connectivity index (χ2v) is 5.65. The Morgan fingerprint density at radius 3 is 2.56 bits per heavy atom. The molecular formula is C19H13FN4O3. The van der Waals surface area contributed by atoms with Gasteiger partial charge in [0.15, 0.2) is 11.4 Å². The van der Waals surface area contributed by atoms with E-state index < -0.39 is 5.56 Å². The molecule has 4 aromatic rings. The van der Waals surface area contributed by atoms with Crippen molar-refractivity contribution in [2.75, 3.05) is 5.32 Å². The normalized spacial score (nSPS) is 10.7. The lowest BCUT2D eigenvalue weighted by Gasteiger charge is -2.10. The summed E-state index contributed by atoms with van der Waals surface area (Å²) in [6, 6.07) is 15.8. The molecule has 0 bridgehead atoms. The lowest BCUT2D eigenvalue weighted by Crippen LogP contribution is -2.20. The molecule has 0 radical (unpaired) electrons. The van der Waals surface area contributed by atoms with E-state index in [0.717, 1.165) is 0 Å². The first kappa shape index (κ1) is 16.5. The molecule has 0 atom stereocenters. The number of fused-ring (bicyclic) bond motifs is 1. The minimum Gasteiger partial charge on any atom is -0.451 e. The molecule has 27 heavy (non-hydrogen) atoms. The van der Waals surface area contributed by atoms with Crippen molar-refractivity contribution in [3.05, 3.63) is 83.0 Å². The molecule has 0 spiro atoms. The van der Waals surface area contributed by atoms with Crippen LogP contribution in [0.3, 0.4) is 0 Å². The van der Waals surface area contributed by atoms with Crippen LogP contribution in [0.15, 0.2) is 71.7 Å². The van der Waals surface area contributed by atoms with Gasteiger partial charge in [0, 0.05) is 17.3 Å². The number of nitrogens with zero attached hydrogens (tertiary/aromatic N) is 3. The largest absolute Gasteiger partial charge is 0.451 e. The smallest absolute Gasteiger partial charge is 0.327 e. The molecule has 0 unspecified atom stereocenters. The molecule has 0 amide bonds. The van der Waals surface area contributed by atoms with Gasteiger partial charge < -0.3 is 15.3 Å². The number of para-hydroxylation sites is 1. The van der Waals surface area contributed by atoms with Crippen molar-refractivity contribution in [2.45, 2.75) is 0 Å². The standard InChI is InChI=1S/C19H13FN4O3/c20-13-6-8-14(9-7-13)22-19-21-11-12-10-16(18(25)24(26)17(12)23-19)27-15-4-2-1-3-5-15/h1-11,26H,(H,21,22,23). The summed E-state index contributed by atoms with van der Waals surface area (Å²) >= 11 is 0. The Morgan fingerprint density at radius 2 is 1.81 bits per heavy atom. The van der Waals surface area contributed by atoms with Gasteiger partial charge in [-0.15, -0.1) is 4.73 Å². The average Bonchev–Trinajstić information content (AvgIpc) is 2.69. The zero-order valence-corrected chi connectivity index (χ0v) is 13.8. The van der Waals surface area contributed by atoms with Crippen LogP contribution < -0.4 is 15.6 Å². The average molecular weight is 364 g/mol. The highest BCUT2D eigenvalue weighted by atomic mass is 19.1. The monoisotopic (exact) mass is 364 g/mol. The molecule has 2 N–H and O–H groups in total. The summed E-state index contributed by atoms with van der Waals surface area (Å²) in [5.74, 6) is 0.187. The van der Waals surface area contributed by atoms with E-state index in [1.165, 1.54) is 36.5 Å². The fraction of sp³-hybridized carbons (Fsp3) is 0. The van der Waals surface area contributed by atoms with E-state index in [0.29, 0.717) is 21.6 Å². The van der Waals surface area contributed by atoms with Crippen LogP contribution in [0.25, 0.3) is 11.0 Å². The molecule has 7 nitrogen and oxygen atoms in total. The summed E-state index contributed by atoms with van der Waals surface area (Å²) in [5, 5.41) is 13.5. The number of anilines is 2. The van der Waals surface area contributed by atoms with Crippen molar-refractivity contribution in [2.24, 2.45) is 0 Å². The second-order valence-electron chi connectivity index (χ2n) is 5.65. The van der Waals surface area contributed by atoms with Gasteiger partial charge in [-0.1, -0.05) is 18.2 Å². The highest BCUT2D eigenvalue weighted by molar-refractivity contribution is 5.77. The lowest BCUT2D eigenvalue weighted by atomic mass is 10.3. The Labute approximate surface area is 152 Å². The molecule has 0 saturated heterocycles. The fourth-order valence-corrected chi connectivity index (χ4v) is 2.47. The summed E-state index contributed by atoms with van der Waals surface area (Å²) in [5.41, 5.74) is -0.176. The third-order valence-electron chi connectivity index (χ3n) is 3.76. The maximum absolute atomic E-state index is 13.0. The van der Waals surface area contributed by atoms with Gasteiger partial charge in [0.1, 0.15) is 11.6 Å². The number of nitrogens with one attached hydrogen (secondary N) is 1. The van der Waals surface area contributed by atoms with Crippen molar-refractivity contribution >= 4 is 22.7 Å². The van der Waals surface area contributed by atoms with Crippen molar-refractivity contribution < 1.29 is 14.3 Å². The highest BCUT2D eigenvalue weighted by Gasteiger charge is 2.13. The first-order valence-electron chi connectivity index (χ1n) is 7.98. The van der Waals surface area contributed by atoms with Gasteiger partial charge in [-0.05, 0) is 42.5 Å². The zero-order valence-electron chi connectivity index (χ0n) is 13.8. The predicted molar refractivity (Wildman–Crippen MR) is 97.2 cm³/mol. The maximum atomic E-state index is 13.0. The first-order valence-corrected chi connectivity index (χ1v) is 7.98. The Hall–Kier alpha value is -3.94. The van der Waals surface area contributed by atoms with Crippen LogP contribution in [0.4, 0.5) is 16.0 Å². The zero-order chi connectivity index (χ0) is 18.8. The van der Waals surface area contributed by atoms with Gasteiger partial charge in [0.25, 0.3) is 0 Å². The van der Waals surface area contributed by atoms with Crippen LogP contribution in [0.5, 0.6) is 11.5 Å². The van der Waals surface area contributed by atoms with E-state index in [9.17, 15) is 14.4 Å². The van der Waals surface area contributed by atoms with Crippen LogP contribution in [-0.4, -0.2) is 19.9 Å². The van der Waals surface area contributed by atoms with E-state index in [2.05, 4.69) is 15.3 Å². The molecule has 2 heterocycles. The third-order valence-corrected chi connectivity index (χ3v) is 3.76. The van der Waals surface area contributed by atoms with E-state index in [4.69, 9.17) is 4.74 Å². The second kappa shape index (κ2) is 6.75. The van der Waals surface area contributed by atoms with Gasteiger partial charge in [-0.3, -0.25) is 4.79 Å². The predicted octanol–water partition coefficient (Wildman–Crippen LogP) is 3.70. The number of pyridine rings is 1. The van der Waals surface area contributed by atoms with Crippen molar-refractivity contribution in [3.8, 4) is 11.5 Å². The third kappa shape index (κ3) is 3.40. The summed E-state index contributed by atoms with van der Waals surface area (Å²) in [6.45, 7) is 0. The van der Waals surface area contributed by atoms with Gasteiger partial charge >= 0.3 is 5.56 Å². The minimum atomic E-state index is -0.752. The van der Waals surface area contributed by atoms with Crippen molar-refractivity contribution in [1.29, 1.82) is 0 Å². The van der Waals surface area contributed by atoms with Crippen LogP contribution in [-0.2, 0) is 0 Å². The Balaban J connectivity index is 1.70. The molecule has 4 rings (SSSR count). The van der Waals surface area contributed by atoms with Gasteiger partial charge in [-0.2, -0.15) is 4.98 Å². The van der Waals surface area contributed by atoms with Crippen LogP contribution in [0, 0.1) is 5.82 Å². The van der Waals surface area contributed by atoms with E-state index in [1.807, 2.05) is 6.07 Å². The summed E-state index contributed by atoms with van der Waals surface area (Å²) in [7, 11) is 0. The number of rotatable bonds is 4. The van der Waals surface area contributed by atoms with Crippen LogP contribution in [0.2, 0.25) is 0 Å². The van der Waals surface area contributed by atoms with Crippen molar-refractivity contribution in [3.63, 3.8) is 0 Å². The number of halogens is 1. The van der Waals surface area contributed by atoms with E-state index in [-0.39, 0.29) is 23.2 Å². The SMILES string of the molecule is O=c1c(Oc2ccccc2)cc2cnc(Nc3ccc(F)cc3)nc2n1O. The topological polar surface area (TPSA) is 89.3 Å². The Morgan fingerprint density at radius 1 is 1.07 bits per heavy atom. The van der Waals surface area contributed by atoms with E-state index >= 15 is 0 Å². The summed E-state index contributed by atoms with van der Waals surface area (Å²) in [4.78, 5) is 20.6. The van der Waals surface area contributed by atoms with Gasteiger partial charge in [-0.25, -0.2) is 9.37 Å². The Kier molecular flexibility index (Phi) is 4.13. The van der Waals surface area contributed by atoms with Crippen LogP contribution in [0.1, 0.15) is 0 Å². The summed E-state index contributed by atoms with van der Waals surface area (Å²) in [6.07, 6.45) is 1.44. The molecule has 0 aliphatic rings. The van der Waals surface area contributed by atoms with E-state index in [1.54, 1.807) is 24.3 Å². The number of hydrogen-bond acceptors (Lipinski definition) is 6.